The summed E-state index contributed by atoms with van der Waals surface area (Å²) < 4.78 is 26.7. The summed E-state index contributed by atoms with van der Waals surface area (Å²) in [5.41, 5.74) is 5.39. The number of nitrogens with zero attached hydrogens (tertiary/aromatic N) is 1. The Labute approximate surface area is 135 Å². The molecule has 0 radical (unpaired) electrons. The summed E-state index contributed by atoms with van der Waals surface area (Å²) in [4.78, 5) is 12.6. The number of nitrogens with two attached hydrogens (primary N) is 1. The Morgan fingerprint density at radius 2 is 2.00 bits per heavy atom. The van der Waals surface area contributed by atoms with Gasteiger partial charge in [0.05, 0.1) is 6.42 Å². The van der Waals surface area contributed by atoms with E-state index in [4.69, 9.17) is 5.73 Å². The molecule has 1 saturated heterocycles. The molecule has 0 spiro atoms. The highest BCUT2D eigenvalue weighted by Gasteiger charge is 2.28. The topological polar surface area (TPSA) is 92.5 Å². The summed E-state index contributed by atoms with van der Waals surface area (Å²) in [6.45, 7) is 2.42. The predicted molar refractivity (Wildman–Crippen MR) is 87.3 cm³/mol. The Bertz CT molecular complexity index is 592. The fourth-order valence-electron chi connectivity index (χ4n) is 2.37. The van der Waals surface area contributed by atoms with Gasteiger partial charge in [0.15, 0.2) is 0 Å². The second kappa shape index (κ2) is 8.05. The van der Waals surface area contributed by atoms with Gasteiger partial charge in [-0.3, -0.25) is 4.79 Å². The van der Waals surface area contributed by atoms with Crippen LogP contribution in [0.15, 0.2) is 16.3 Å². The van der Waals surface area contributed by atoms with E-state index in [1.54, 1.807) is 12.1 Å². The Hall–Kier alpha value is -0.960. The number of amides is 1. The van der Waals surface area contributed by atoms with Crippen LogP contribution in [0, 0.1) is 0 Å². The van der Waals surface area contributed by atoms with Crippen LogP contribution >= 0.6 is 11.3 Å². The molecule has 0 saturated carbocycles. The molecule has 8 heteroatoms. The maximum Gasteiger partial charge on any atom is 0.252 e. The molecular formula is C14H23N3O3S2. The molecule has 0 bridgehead atoms. The molecule has 1 aliphatic rings. The van der Waals surface area contributed by atoms with Crippen LogP contribution < -0.4 is 11.1 Å². The number of sulfonamides is 1. The van der Waals surface area contributed by atoms with Gasteiger partial charge >= 0.3 is 0 Å². The van der Waals surface area contributed by atoms with E-state index in [-0.39, 0.29) is 12.3 Å². The minimum absolute atomic E-state index is 0.0796. The van der Waals surface area contributed by atoms with Crippen molar-refractivity contribution in [3.63, 3.8) is 0 Å². The van der Waals surface area contributed by atoms with Crippen molar-refractivity contribution in [2.24, 2.45) is 5.73 Å². The average Bonchev–Trinajstić information content (AvgIpc) is 3.15. The maximum atomic E-state index is 12.4. The van der Waals surface area contributed by atoms with Crippen molar-refractivity contribution >= 4 is 27.3 Å². The van der Waals surface area contributed by atoms with Crippen molar-refractivity contribution in [2.75, 3.05) is 26.2 Å². The third-order valence-corrected chi connectivity index (χ3v) is 7.04. The zero-order valence-corrected chi connectivity index (χ0v) is 14.2. The lowest BCUT2D eigenvalue weighted by Gasteiger charge is -2.13. The molecule has 1 aromatic rings. The molecule has 0 aliphatic carbocycles. The lowest BCUT2D eigenvalue weighted by atomic mass is 10.3. The summed E-state index contributed by atoms with van der Waals surface area (Å²) in [5.74, 6) is -0.0796. The molecule has 0 unspecified atom stereocenters. The molecule has 124 valence electrons. The van der Waals surface area contributed by atoms with Gasteiger partial charge in [-0.25, -0.2) is 8.42 Å². The number of rotatable bonds is 8. The van der Waals surface area contributed by atoms with E-state index in [1.165, 1.54) is 15.6 Å². The second-order valence-corrected chi connectivity index (χ2v) is 8.69. The zero-order chi connectivity index (χ0) is 16.0. The van der Waals surface area contributed by atoms with Crippen LogP contribution in [0.25, 0.3) is 0 Å². The Morgan fingerprint density at radius 3 is 2.68 bits per heavy atom. The number of carbonyl (C=O) groups is 1. The summed E-state index contributed by atoms with van der Waals surface area (Å²) in [5, 5.41) is 2.82. The van der Waals surface area contributed by atoms with Gasteiger partial charge in [0, 0.05) is 24.5 Å². The van der Waals surface area contributed by atoms with E-state index in [0.717, 1.165) is 30.6 Å². The smallest absolute Gasteiger partial charge is 0.252 e. The van der Waals surface area contributed by atoms with E-state index in [2.05, 4.69) is 5.32 Å². The Morgan fingerprint density at radius 1 is 1.27 bits per heavy atom. The molecule has 1 aromatic heterocycles. The van der Waals surface area contributed by atoms with Gasteiger partial charge in [0.2, 0.25) is 5.91 Å². The number of thiophene rings is 1. The first kappa shape index (κ1) is 17.4. The van der Waals surface area contributed by atoms with Gasteiger partial charge in [0.25, 0.3) is 10.0 Å². The van der Waals surface area contributed by atoms with Crippen LogP contribution in [0.5, 0.6) is 0 Å². The minimum Gasteiger partial charge on any atom is -0.356 e. The quantitative estimate of drug-likeness (QED) is 0.686. The van der Waals surface area contributed by atoms with E-state index < -0.39 is 10.0 Å². The standard InChI is InChI=1S/C14H23N3O3S2/c15-7-1-2-8-16-13(18)11-12-5-6-14(21-12)22(19,20)17-9-3-4-10-17/h5-6H,1-4,7-11,15H2,(H,16,18). The first-order valence-electron chi connectivity index (χ1n) is 7.59. The van der Waals surface area contributed by atoms with E-state index in [1.807, 2.05) is 0 Å². The van der Waals surface area contributed by atoms with Gasteiger partial charge in [-0.2, -0.15) is 4.31 Å². The molecule has 1 aliphatic heterocycles. The van der Waals surface area contributed by atoms with Crippen molar-refractivity contribution in [3.8, 4) is 0 Å². The summed E-state index contributed by atoms with van der Waals surface area (Å²) in [6, 6.07) is 3.34. The van der Waals surface area contributed by atoms with Gasteiger partial charge in [-0.15, -0.1) is 11.3 Å². The molecular weight excluding hydrogens is 322 g/mol. The molecule has 2 heterocycles. The van der Waals surface area contributed by atoms with E-state index >= 15 is 0 Å². The second-order valence-electron chi connectivity index (χ2n) is 5.35. The third kappa shape index (κ3) is 4.52. The SMILES string of the molecule is NCCCCNC(=O)Cc1ccc(S(=O)(=O)N2CCCC2)s1. The fourth-order valence-corrected chi connectivity index (χ4v) is 5.39. The average molecular weight is 345 g/mol. The van der Waals surface area contributed by atoms with Gasteiger partial charge in [-0.05, 0) is 44.4 Å². The molecule has 0 aromatic carbocycles. The number of unbranched alkanes of at least 4 members (excludes halogenated alkanes) is 1. The monoisotopic (exact) mass is 345 g/mol. The zero-order valence-electron chi connectivity index (χ0n) is 12.6. The highest BCUT2D eigenvalue weighted by Crippen LogP contribution is 2.27. The highest BCUT2D eigenvalue weighted by molar-refractivity contribution is 7.91. The van der Waals surface area contributed by atoms with Crippen molar-refractivity contribution in [1.29, 1.82) is 0 Å². The minimum atomic E-state index is -3.37. The summed E-state index contributed by atoms with van der Waals surface area (Å²) in [6.07, 6.45) is 3.81. The molecule has 0 atom stereocenters. The maximum absolute atomic E-state index is 12.4. The highest BCUT2D eigenvalue weighted by atomic mass is 32.2. The lowest BCUT2D eigenvalue weighted by molar-refractivity contribution is -0.120. The molecule has 1 fully saturated rings. The molecule has 22 heavy (non-hydrogen) atoms. The van der Waals surface area contributed by atoms with Crippen LogP contribution in [0.4, 0.5) is 0 Å². The fraction of sp³-hybridized carbons (Fsp3) is 0.643. The van der Waals surface area contributed by atoms with Crippen LogP contribution in [-0.4, -0.2) is 44.8 Å². The van der Waals surface area contributed by atoms with E-state index in [9.17, 15) is 13.2 Å². The van der Waals surface area contributed by atoms with Gasteiger partial charge in [0.1, 0.15) is 4.21 Å². The van der Waals surface area contributed by atoms with Crippen molar-refractivity contribution in [3.05, 3.63) is 17.0 Å². The first-order chi connectivity index (χ1) is 10.5. The predicted octanol–water partition coefficient (Wildman–Crippen LogP) is 0.930. The van der Waals surface area contributed by atoms with Crippen LogP contribution in [0.3, 0.4) is 0 Å². The van der Waals surface area contributed by atoms with Gasteiger partial charge < -0.3 is 11.1 Å². The van der Waals surface area contributed by atoms with Crippen molar-refractivity contribution in [1.82, 2.24) is 9.62 Å². The largest absolute Gasteiger partial charge is 0.356 e. The van der Waals surface area contributed by atoms with Crippen molar-refractivity contribution < 1.29 is 13.2 Å². The van der Waals surface area contributed by atoms with Crippen LogP contribution in [0.1, 0.15) is 30.6 Å². The number of hydrogen-bond acceptors (Lipinski definition) is 5. The van der Waals surface area contributed by atoms with Crippen LogP contribution in [-0.2, 0) is 21.2 Å². The third-order valence-electron chi connectivity index (χ3n) is 3.58. The number of nitrogens with one attached hydrogen (secondary N) is 1. The van der Waals surface area contributed by atoms with Gasteiger partial charge in [-0.1, -0.05) is 0 Å². The normalized spacial score (nSPS) is 16.0. The molecule has 1 amide bonds. The molecule has 6 nitrogen and oxygen atoms in total. The Balaban J connectivity index is 1.89. The Kier molecular flexibility index (Phi) is 6.37. The summed E-state index contributed by atoms with van der Waals surface area (Å²) >= 11 is 1.19. The first-order valence-corrected chi connectivity index (χ1v) is 9.85. The van der Waals surface area contributed by atoms with Crippen molar-refractivity contribution in [2.45, 2.75) is 36.3 Å². The molecule has 3 N–H and O–H groups in total. The summed E-state index contributed by atoms with van der Waals surface area (Å²) in [7, 11) is -3.37. The van der Waals surface area contributed by atoms with E-state index in [0.29, 0.717) is 30.4 Å². The lowest BCUT2D eigenvalue weighted by Crippen LogP contribution is -2.27. The number of carbonyl (C=O) groups excluding carboxylic acids is 1. The number of hydrogen-bond donors (Lipinski definition) is 2. The molecule has 2 rings (SSSR count). The van der Waals surface area contributed by atoms with Crippen LogP contribution in [0.2, 0.25) is 0 Å².